The summed E-state index contributed by atoms with van der Waals surface area (Å²) in [6.07, 6.45) is 4.47. The number of fused-ring (bicyclic) bond motifs is 3. The van der Waals surface area contributed by atoms with Crippen molar-refractivity contribution >= 4 is 28.2 Å². The maximum atomic E-state index is 12.1. The molecule has 3 aromatic rings. The maximum absolute atomic E-state index is 12.1. The number of rotatable bonds is 5. The van der Waals surface area contributed by atoms with Crippen LogP contribution in [-0.4, -0.2) is 12.5 Å². The van der Waals surface area contributed by atoms with Crippen molar-refractivity contribution in [1.29, 1.82) is 0 Å². The molecule has 5 heteroatoms. The number of carbonyl (C=O) groups is 1. The summed E-state index contributed by atoms with van der Waals surface area (Å²) in [4.78, 5) is 13.3. The van der Waals surface area contributed by atoms with Gasteiger partial charge in [0.2, 0.25) is 0 Å². The van der Waals surface area contributed by atoms with Crippen LogP contribution in [0.4, 0.5) is 0 Å². The molecule has 0 bridgehead atoms. The third-order valence-corrected chi connectivity index (χ3v) is 5.70. The van der Waals surface area contributed by atoms with E-state index in [2.05, 4.69) is 5.32 Å². The van der Waals surface area contributed by atoms with E-state index in [0.29, 0.717) is 5.75 Å². The molecule has 1 aliphatic carbocycles. The van der Waals surface area contributed by atoms with E-state index in [1.165, 1.54) is 18.4 Å². The van der Waals surface area contributed by atoms with Crippen LogP contribution >= 0.6 is 11.3 Å². The molecule has 130 valence electrons. The van der Waals surface area contributed by atoms with Crippen LogP contribution < -0.4 is 10.1 Å². The van der Waals surface area contributed by atoms with Gasteiger partial charge < -0.3 is 14.5 Å². The van der Waals surface area contributed by atoms with Crippen LogP contribution in [0.25, 0.3) is 11.0 Å². The molecule has 0 radical (unpaired) electrons. The summed E-state index contributed by atoms with van der Waals surface area (Å²) >= 11 is 1.64. The summed E-state index contributed by atoms with van der Waals surface area (Å²) in [6.45, 7) is 1.99. The van der Waals surface area contributed by atoms with Gasteiger partial charge in [0.15, 0.2) is 6.61 Å². The highest BCUT2D eigenvalue weighted by molar-refractivity contribution is 7.10. The van der Waals surface area contributed by atoms with E-state index in [1.54, 1.807) is 11.3 Å². The monoisotopic (exact) mass is 355 g/mol. The van der Waals surface area contributed by atoms with Crippen molar-refractivity contribution in [3.05, 3.63) is 51.9 Å². The summed E-state index contributed by atoms with van der Waals surface area (Å²) in [5, 5.41) is 6.10. The molecule has 0 unspecified atom stereocenters. The predicted octanol–water partition coefficient (Wildman–Crippen LogP) is 4.63. The van der Waals surface area contributed by atoms with Crippen molar-refractivity contribution in [3.8, 4) is 5.75 Å². The Morgan fingerprint density at radius 1 is 1.32 bits per heavy atom. The number of aryl methyl sites for hydroxylation is 2. The van der Waals surface area contributed by atoms with Crippen molar-refractivity contribution in [3.63, 3.8) is 0 Å². The quantitative estimate of drug-likeness (QED) is 0.726. The molecule has 1 amide bonds. The van der Waals surface area contributed by atoms with E-state index in [1.807, 2.05) is 42.6 Å². The van der Waals surface area contributed by atoms with E-state index < -0.39 is 0 Å². The number of nitrogens with one attached hydrogen (secondary N) is 1. The van der Waals surface area contributed by atoms with Gasteiger partial charge in [0.05, 0.1) is 6.04 Å². The van der Waals surface area contributed by atoms with Gasteiger partial charge in [-0.3, -0.25) is 4.79 Å². The molecule has 4 rings (SSSR count). The molecular weight excluding hydrogens is 334 g/mol. The number of thiophene rings is 1. The van der Waals surface area contributed by atoms with Crippen molar-refractivity contribution in [2.24, 2.45) is 0 Å². The minimum Gasteiger partial charge on any atom is -0.484 e. The van der Waals surface area contributed by atoms with Crippen LogP contribution in [0.2, 0.25) is 0 Å². The lowest BCUT2D eigenvalue weighted by atomic mass is 9.96. The minimum atomic E-state index is -0.116. The van der Waals surface area contributed by atoms with E-state index >= 15 is 0 Å². The number of carbonyl (C=O) groups excluding carboxylic acids is 1. The zero-order valence-electron chi connectivity index (χ0n) is 14.2. The molecule has 1 aliphatic rings. The van der Waals surface area contributed by atoms with Gasteiger partial charge in [-0.2, -0.15) is 0 Å². The molecule has 0 saturated carbocycles. The van der Waals surface area contributed by atoms with Crippen LogP contribution in [0, 0.1) is 0 Å². The number of benzene rings is 1. The number of ether oxygens (including phenoxy) is 1. The molecule has 2 heterocycles. The number of furan rings is 1. The molecule has 0 aliphatic heterocycles. The first-order valence-corrected chi connectivity index (χ1v) is 9.58. The fourth-order valence-corrected chi connectivity index (χ4v) is 4.11. The molecule has 4 nitrogen and oxygen atoms in total. The van der Waals surface area contributed by atoms with Gasteiger partial charge in [-0.05, 0) is 55.8 Å². The molecule has 25 heavy (non-hydrogen) atoms. The molecule has 1 aromatic carbocycles. The largest absolute Gasteiger partial charge is 0.484 e. The second-order valence-electron chi connectivity index (χ2n) is 6.46. The average molecular weight is 355 g/mol. The lowest BCUT2D eigenvalue weighted by Gasteiger charge is -2.13. The Morgan fingerprint density at radius 3 is 3.04 bits per heavy atom. The number of amides is 1. The Morgan fingerprint density at radius 2 is 2.20 bits per heavy atom. The summed E-state index contributed by atoms with van der Waals surface area (Å²) < 4.78 is 11.6. The van der Waals surface area contributed by atoms with Gasteiger partial charge in [0.25, 0.3) is 5.91 Å². The smallest absolute Gasteiger partial charge is 0.258 e. The molecule has 0 spiro atoms. The summed E-state index contributed by atoms with van der Waals surface area (Å²) in [6, 6.07) is 9.81. The van der Waals surface area contributed by atoms with Gasteiger partial charge in [0.1, 0.15) is 17.1 Å². The standard InChI is InChI=1S/C20H21NO3S/c1-13(19-7-4-10-25-19)21-20(22)12-23-14-8-9-18-16(11-14)15-5-2-3-6-17(15)24-18/h4,7-11,13H,2-3,5-6,12H2,1H3,(H,21,22)/t13-/m0/s1. The third-order valence-electron chi connectivity index (χ3n) is 4.64. The summed E-state index contributed by atoms with van der Waals surface area (Å²) in [5.41, 5.74) is 2.22. The van der Waals surface area contributed by atoms with Crippen LogP contribution in [0.1, 0.15) is 42.0 Å². The van der Waals surface area contributed by atoms with Crippen molar-refractivity contribution in [1.82, 2.24) is 5.32 Å². The number of hydrogen-bond acceptors (Lipinski definition) is 4. The van der Waals surface area contributed by atoms with Gasteiger partial charge in [-0.1, -0.05) is 6.07 Å². The lowest BCUT2D eigenvalue weighted by molar-refractivity contribution is -0.123. The van der Waals surface area contributed by atoms with Crippen molar-refractivity contribution < 1.29 is 13.9 Å². The summed E-state index contributed by atoms with van der Waals surface area (Å²) in [5.74, 6) is 1.71. The van der Waals surface area contributed by atoms with E-state index in [-0.39, 0.29) is 18.6 Å². The Hall–Kier alpha value is -2.27. The molecule has 1 N–H and O–H groups in total. The predicted molar refractivity (Wildman–Crippen MR) is 99.2 cm³/mol. The zero-order chi connectivity index (χ0) is 17.2. The normalized spacial score (nSPS) is 14.9. The van der Waals surface area contributed by atoms with E-state index in [0.717, 1.165) is 34.4 Å². The van der Waals surface area contributed by atoms with Gasteiger partial charge in [-0.25, -0.2) is 0 Å². The Bertz CT molecular complexity index is 882. The van der Waals surface area contributed by atoms with E-state index in [9.17, 15) is 4.79 Å². The molecule has 1 atom stereocenters. The van der Waals surface area contributed by atoms with Crippen molar-refractivity contribution in [2.45, 2.75) is 38.6 Å². The number of hydrogen-bond donors (Lipinski definition) is 1. The SMILES string of the molecule is C[C@H](NC(=O)COc1ccc2oc3c(c2c1)CCCC3)c1cccs1. The van der Waals surface area contributed by atoms with Gasteiger partial charge >= 0.3 is 0 Å². The van der Waals surface area contributed by atoms with Crippen LogP contribution in [0.5, 0.6) is 5.75 Å². The second kappa shape index (κ2) is 6.92. The molecule has 0 saturated heterocycles. The Balaban J connectivity index is 1.41. The summed E-state index contributed by atoms with van der Waals surface area (Å²) in [7, 11) is 0. The van der Waals surface area contributed by atoms with Crippen LogP contribution in [0.3, 0.4) is 0 Å². The first-order valence-electron chi connectivity index (χ1n) is 8.70. The highest BCUT2D eigenvalue weighted by Crippen LogP contribution is 2.33. The highest BCUT2D eigenvalue weighted by atomic mass is 32.1. The van der Waals surface area contributed by atoms with Crippen LogP contribution in [-0.2, 0) is 17.6 Å². The van der Waals surface area contributed by atoms with Gasteiger partial charge in [-0.15, -0.1) is 11.3 Å². The van der Waals surface area contributed by atoms with Gasteiger partial charge in [0, 0.05) is 22.2 Å². The average Bonchev–Trinajstić information content (AvgIpc) is 3.27. The van der Waals surface area contributed by atoms with Crippen LogP contribution in [0.15, 0.2) is 40.1 Å². The second-order valence-corrected chi connectivity index (χ2v) is 7.44. The Labute approximate surface area is 150 Å². The lowest BCUT2D eigenvalue weighted by Crippen LogP contribution is -2.30. The topological polar surface area (TPSA) is 51.5 Å². The first-order chi connectivity index (χ1) is 12.2. The maximum Gasteiger partial charge on any atom is 0.258 e. The van der Waals surface area contributed by atoms with E-state index in [4.69, 9.17) is 9.15 Å². The third kappa shape index (κ3) is 3.42. The fraction of sp³-hybridized carbons (Fsp3) is 0.350. The molecular formula is C20H21NO3S. The zero-order valence-corrected chi connectivity index (χ0v) is 15.0. The molecule has 0 fully saturated rings. The first kappa shape index (κ1) is 16.2. The Kier molecular flexibility index (Phi) is 4.49. The fourth-order valence-electron chi connectivity index (χ4n) is 3.37. The highest BCUT2D eigenvalue weighted by Gasteiger charge is 2.18. The molecule has 2 aromatic heterocycles. The minimum absolute atomic E-state index is 0.000488. The van der Waals surface area contributed by atoms with Crippen molar-refractivity contribution in [2.75, 3.05) is 6.61 Å².